The van der Waals surface area contributed by atoms with Crippen LogP contribution >= 0.6 is 0 Å². The van der Waals surface area contributed by atoms with Crippen LogP contribution in [0.5, 0.6) is 0 Å². The molecule has 0 spiro atoms. The van der Waals surface area contributed by atoms with Crippen LogP contribution in [0.3, 0.4) is 0 Å². The van der Waals surface area contributed by atoms with E-state index in [1.807, 2.05) is 35.2 Å². The summed E-state index contributed by atoms with van der Waals surface area (Å²) in [5, 5.41) is 14.3. The highest BCUT2D eigenvalue weighted by molar-refractivity contribution is 5.93. The molecule has 2 aromatic rings. The first-order chi connectivity index (χ1) is 13.0. The molecule has 1 N–H and O–H groups in total. The minimum Gasteiger partial charge on any atom is -0.366 e. The van der Waals surface area contributed by atoms with E-state index in [1.165, 1.54) is 6.07 Å². The van der Waals surface area contributed by atoms with Gasteiger partial charge in [0.2, 0.25) is 5.91 Å². The zero-order chi connectivity index (χ0) is 19.4. The summed E-state index contributed by atoms with van der Waals surface area (Å²) < 4.78 is 0. The fourth-order valence-electron chi connectivity index (χ4n) is 3.62. The number of piperidine rings is 1. The van der Waals surface area contributed by atoms with Crippen LogP contribution in [0.2, 0.25) is 0 Å². The van der Waals surface area contributed by atoms with Crippen molar-refractivity contribution >= 4 is 23.0 Å². The van der Waals surface area contributed by atoms with Gasteiger partial charge in [0.25, 0.3) is 5.69 Å². The van der Waals surface area contributed by atoms with E-state index in [0.717, 1.165) is 11.3 Å². The van der Waals surface area contributed by atoms with Gasteiger partial charge in [0.05, 0.1) is 4.92 Å². The van der Waals surface area contributed by atoms with E-state index in [1.54, 1.807) is 12.1 Å². The second-order valence-corrected chi connectivity index (χ2v) is 7.24. The zero-order valence-electron chi connectivity index (χ0n) is 15.7. The highest BCUT2D eigenvalue weighted by Gasteiger charge is 2.28. The molecule has 1 fully saturated rings. The lowest BCUT2D eigenvalue weighted by molar-refractivity contribution is -0.384. The molecule has 0 saturated carbocycles. The van der Waals surface area contributed by atoms with Crippen LogP contribution < -0.4 is 10.2 Å². The normalized spacial score (nSPS) is 15.0. The number of para-hydroxylation sites is 3. The summed E-state index contributed by atoms with van der Waals surface area (Å²) in [5.74, 6) is 0.288. The van der Waals surface area contributed by atoms with Crippen molar-refractivity contribution in [2.24, 2.45) is 5.92 Å². The van der Waals surface area contributed by atoms with Crippen molar-refractivity contribution in [1.82, 2.24) is 0 Å². The third kappa shape index (κ3) is 4.27. The summed E-state index contributed by atoms with van der Waals surface area (Å²) in [7, 11) is 0. The van der Waals surface area contributed by atoms with Crippen LogP contribution in [-0.4, -0.2) is 23.9 Å². The zero-order valence-corrected chi connectivity index (χ0v) is 15.7. The quantitative estimate of drug-likeness (QED) is 0.620. The van der Waals surface area contributed by atoms with Gasteiger partial charge >= 0.3 is 0 Å². The highest BCUT2D eigenvalue weighted by Crippen LogP contribution is 2.32. The number of hydrogen-bond acceptors (Lipinski definition) is 4. The fraction of sp³-hybridized carbons (Fsp3) is 0.381. The van der Waals surface area contributed by atoms with E-state index in [2.05, 4.69) is 19.2 Å². The third-order valence-electron chi connectivity index (χ3n) is 5.13. The number of nitrogens with one attached hydrogen (secondary N) is 1. The number of benzene rings is 2. The van der Waals surface area contributed by atoms with Crippen molar-refractivity contribution in [3.05, 3.63) is 64.2 Å². The molecule has 142 valence electrons. The lowest BCUT2D eigenvalue weighted by Crippen LogP contribution is -2.38. The Labute approximate surface area is 159 Å². The maximum absolute atomic E-state index is 12.7. The van der Waals surface area contributed by atoms with Crippen LogP contribution in [0.15, 0.2) is 48.5 Å². The first-order valence-corrected chi connectivity index (χ1v) is 9.35. The van der Waals surface area contributed by atoms with Gasteiger partial charge in [-0.2, -0.15) is 0 Å². The van der Waals surface area contributed by atoms with Crippen molar-refractivity contribution in [2.75, 3.05) is 23.3 Å². The topological polar surface area (TPSA) is 75.5 Å². The monoisotopic (exact) mass is 367 g/mol. The fourth-order valence-corrected chi connectivity index (χ4v) is 3.62. The van der Waals surface area contributed by atoms with Gasteiger partial charge in [0.1, 0.15) is 5.69 Å². The minimum absolute atomic E-state index is 0.0327. The van der Waals surface area contributed by atoms with Crippen LogP contribution in [0, 0.1) is 16.0 Å². The predicted octanol–water partition coefficient (Wildman–Crippen LogP) is 4.57. The SMILES string of the molecule is CC(C)c1ccccc1NC(=O)C1CCN(c2ccccc2[N+](=O)[O-])CC1. The van der Waals surface area contributed by atoms with E-state index in [0.29, 0.717) is 37.5 Å². The largest absolute Gasteiger partial charge is 0.366 e. The van der Waals surface area contributed by atoms with E-state index in [-0.39, 0.29) is 22.4 Å². The Kier molecular flexibility index (Phi) is 5.74. The number of carbonyl (C=O) groups excluding carboxylic acids is 1. The number of nitro benzene ring substituents is 1. The molecule has 1 heterocycles. The molecule has 27 heavy (non-hydrogen) atoms. The van der Waals surface area contributed by atoms with Crippen LogP contribution in [0.1, 0.15) is 38.2 Å². The van der Waals surface area contributed by atoms with Gasteiger partial charge in [-0.1, -0.05) is 44.2 Å². The molecule has 6 heteroatoms. The summed E-state index contributed by atoms with van der Waals surface area (Å²) in [6, 6.07) is 14.7. The Hall–Kier alpha value is -2.89. The van der Waals surface area contributed by atoms with Crippen molar-refractivity contribution in [2.45, 2.75) is 32.6 Å². The Morgan fingerprint density at radius 3 is 2.41 bits per heavy atom. The molecule has 6 nitrogen and oxygen atoms in total. The number of amides is 1. The van der Waals surface area contributed by atoms with Crippen molar-refractivity contribution in [3.8, 4) is 0 Å². The molecule has 1 amide bonds. The smallest absolute Gasteiger partial charge is 0.292 e. The molecule has 0 aliphatic carbocycles. The lowest BCUT2D eigenvalue weighted by Gasteiger charge is -2.32. The maximum atomic E-state index is 12.7. The maximum Gasteiger partial charge on any atom is 0.292 e. The molecule has 0 aromatic heterocycles. The first kappa shape index (κ1) is 18.9. The van der Waals surface area contributed by atoms with Gasteiger partial charge in [0, 0.05) is 30.8 Å². The number of anilines is 2. The standard InChI is InChI=1S/C21H25N3O3/c1-15(2)17-7-3-4-8-18(17)22-21(25)16-11-13-23(14-12-16)19-9-5-6-10-20(19)24(26)27/h3-10,15-16H,11-14H2,1-2H3,(H,22,25). The Bertz CT molecular complexity index is 827. The molecule has 1 aliphatic heterocycles. The van der Waals surface area contributed by atoms with Gasteiger partial charge in [-0.05, 0) is 36.5 Å². The van der Waals surface area contributed by atoms with E-state index in [4.69, 9.17) is 0 Å². The molecule has 2 aromatic carbocycles. The molecule has 0 bridgehead atoms. The summed E-state index contributed by atoms with van der Waals surface area (Å²) in [6.07, 6.45) is 1.36. The molecule has 0 radical (unpaired) electrons. The van der Waals surface area contributed by atoms with Gasteiger partial charge < -0.3 is 10.2 Å². The van der Waals surface area contributed by atoms with Crippen LogP contribution in [0.4, 0.5) is 17.1 Å². The summed E-state index contributed by atoms with van der Waals surface area (Å²) in [5.41, 5.74) is 2.75. The molecule has 0 atom stereocenters. The van der Waals surface area contributed by atoms with Crippen LogP contribution in [0.25, 0.3) is 0 Å². The highest BCUT2D eigenvalue weighted by atomic mass is 16.6. The van der Waals surface area contributed by atoms with Crippen molar-refractivity contribution < 1.29 is 9.72 Å². The molecule has 3 rings (SSSR count). The van der Waals surface area contributed by atoms with Crippen molar-refractivity contribution in [1.29, 1.82) is 0 Å². The van der Waals surface area contributed by atoms with Gasteiger partial charge in [-0.3, -0.25) is 14.9 Å². The lowest BCUT2D eigenvalue weighted by atomic mass is 9.94. The molecular weight excluding hydrogens is 342 g/mol. The van der Waals surface area contributed by atoms with Gasteiger partial charge in [-0.15, -0.1) is 0 Å². The molecule has 0 unspecified atom stereocenters. The average Bonchev–Trinajstić information content (AvgIpc) is 2.68. The number of hydrogen-bond donors (Lipinski definition) is 1. The van der Waals surface area contributed by atoms with Gasteiger partial charge in [-0.25, -0.2) is 0 Å². The Balaban J connectivity index is 1.65. The summed E-state index contributed by atoms with van der Waals surface area (Å²) in [6.45, 7) is 5.48. The van der Waals surface area contributed by atoms with E-state index in [9.17, 15) is 14.9 Å². The second-order valence-electron chi connectivity index (χ2n) is 7.24. The predicted molar refractivity (Wildman–Crippen MR) is 107 cm³/mol. The Morgan fingerprint density at radius 1 is 1.11 bits per heavy atom. The second kappa shape index (κ2) is 8.20. The summed E-state index contributed by atoms with van der Waals surface area (Å²) >= 11 is 0. The van der Waals surface area contributed by atoms with Crippen LogP contribution in [-0.2, 0) is 4.79 Å². The third-order valence-corrected chi connectivity index (χ3v) is 5.13. The number of nitro groups is 1. The average molecular weight is 367 g/mol. The van der Waals surface area contributed by atoms with Gasteiger partial charge in [0.15, 0.2) is 0 Å². The Morgan fingerprint density at radius 2 is 1.74 bits per heavy atom. The molecule has 1 aliphatic rings. The molecular formula is C21H25N3O3. The van der Waals surface area contributed by atoms with Crippen molar-refractivity contribution in [3.63, 3.8) is 0 Å². The first-order valence-electron chi connectivity index (χ1n) is 9.35. The number of rotatable bonds is 5. The minimum atomic E-state index is -0.350. The van der Waals surface area contributed by atoms with E-state index >= 15 is 0 Å². The number of nitrogens with zero attached hydrogens (tertiary/aromatic N) is 2. The summed E-state index contributed by atoms with van der Waals surface area (Å²) in [4.78, 5) is 25.6. The number of carbonyl (C=O) groups is 1. The van der Waals surface area contributed by atoms with E-state index < -0.39 is 0 Å². The molecule has 1 saturated heterocycles.